The highest BCUT2D eigenvalue weighted by Gasteiger charge is 2.19. The molecule has 0 aliphatic rings. The molecule has 0 amide bonds. The SMILES string of the molecule is Cc1nnc2c(NC(C)(C)CCO)nccn12. The number of aliphatic hydroxyl groups is 1. The van der Waals surface area contributed by atoms with Gasteiger partial charge in [-0.2, -0.15) is 0 Å². The number of fused-ring (bicyclic) bond motifs is 1. The number of aryl methyl sites for hydroxylation is 1. The van der Waals surface area contributed by atoms with Crippen molar-refractivity contribution in [3.05, 3.63) is 18.2 Å². The fourth-order valence-corrected chi connectivity index (χ4v) is 1.69. The summed E-state index contributed by atoms with van der Waals surface area (Å²) in [4.78, 5) is 4.27. The van der Waals surface area contributed by atoms with Crippen LogP contribution in [0.2, 0.25) is 0 Å². The summed E-state index contributed by atoms with van der Waals surface area (Å²) < 4.78 is 1.88. The maximum Gasteiger partial charge on any atom is 0.203 e. The summed E-state index contributed by atoms with van der Waals surface area (Å²) >= 11 is 0. The molecule has 2 N–H and O–H groups in total. The monoisotopic (exact) mass is 235 g/mol. The van der Waals surface area contributed by atoms with Crippen molar-refractivity contribution < 1.29 is 5.11 Å². The molecular weight excluding hydrogens is 218 g/mol. The number of hydrogen-bond donors (Lipinski definition) is 2. The minimum absolute atomic E-state index is 0.134. The van der Waals surface area contributed by atoms with Gasteiger partial charge in [0.1, 0.15) is 5.82 Å². The van der Waals surface area contributed by atoms with Crippen LogP contribution in [0.1, 0.15) is 26.1 Å². The van der Waals surface area contributed by atoms with E-state index < -0.39 is 0 Å². The van der Waals surface area contributed by atoms with E-state index in [0.29, 0.717) is 17.9 Å². The molecule has 6 heteroatoms. The van der Waals surface area contributed by atoms with Crippen molar-refractivity contribution in [3.63, 3.8) is 0 Å². The first kappa shape index (κ1) is 11.8. The molecule has 0 saturated heterocycles. The zero-order valence-electron chi connectivity index (χ0n) is 10.3. The highest BCUT2D eigenvalue weighted by atomic mass is 16.3. The summed E-state index contributed by atoms with van der Waals surface area (Å²) in [7, 11) is 0. The molecule has 0 aromatic carbocycles. The van der Waals surface area contributed by atoms with E-state index in [0.717, 1.165) is 5.82 Å². The lowest BCUT2D eigenvalue weighted by Gasteiger charge is -2.25. The molecule has 0 atom stereocenters. The average molecular weight is 235 g/mol. The molecule has 2 rings (SSSR count). The van der Waals surface area contributed by atoms with E-state index in [1.54, 1.807) is 6.20 Å². The van der Waals surface area contributed by atoms with Gasteiger partial charge < -0.3 is 10.4 Å². The zero-order chi connectivity index (χ0) is 12.5. The van der Waals surface area contributed by atoms with Gasteiger partial charge in [-0.05, 0) is 27.2 Å². The minimum atomic E-state index is -0.233. The quantitative estimate of drug-likeness (QED) is 0.827. The fraction of sp³-hybridized carbons (Fsp3) is 0.545. The standard InChI is InChI=1S/C11H17N5O/c1-8-14-15-10-9(12-5-6-16(8)10)13-11(2,3)4-7-17/h5-6,17H,4,7H2,1-3H3,(H,12,13). The summed E-state index contributed by atoms with van der Waals surface area (Å²) in [6.07, 6.45) is 4.18. The molecule has 6 nitrogen and oxygen atoms in total. The van der Waals surface area contributed by atoms with Crippen LogP contribution in [0.5, 0.6) is 0 Å². The Morgan fingerprint density at radius 2 is 2.18 bits per heavy atom. The second kappa shape index (κ2) is 4.29. The van der Waals surface area contributed by atoms with Gasteiger partial charge in [0.05, 0.1) is 0 Å². The Morgan fingerprint density at radius 3 is 2.88 bits per heavy atom. The Labute approximate surface area is 99.7 Å². The predicted octanol–water partition coefficient (Wildman–Crippen LogP) is 1.01. The average Bonchev–Trinajstić information content (AvgIpc) is 2.61. The third-order valence-electron chi connectivity index (χ3n) is 2.69. The molecule has 0 spiro atoms. The van der Waals surface area contributed by atoms with Gasteiger partial charge in [-0.3, -0.25) is 4.40 Å². The topological polar surface area (TPSA) is 75.3 Å². The Bertz CT molecular complexity index is 520. The first-order valence-electron chi connectivity index (χ1n) is 5.59. The highest BCUT2D eigenvalue weighted by Crippen LogP contribution is 2.19. The van der Waals surface area contributed by atoms with E-state index in [-0.39, 0.29) is 12.1 Å². The van der Waals surface area contributed by atoms with E-state index in [2.05, 4.69) is 20.5 Å². The number of aromatic nitrogens is 4. The maximum atomic E-state index is 9.00. The molecule has 92 valence electrons. The van der Waals surface area contributed by atoms with Gasteiger partial charge in [0.25, 0.3) is 0 Å². The molecule has 0 unspecified atom stereocenters. The first-order valence-corrected chi connectivity index (χ1v) is 5.59. The van der Waals surface area contributed by atoms with Crippen LogP contribution in [0.4, 0.5) is 5.82 Å². The third-order valence-corrected chi connectivity index (χ3v) is 2.69. The van der Waals surface area contributed by atoms with Crippen molar-refractivity contribution >= 4 is 11.5 Å². The molecule has 2 heterocycles. The lowest BCUT2D eigenvalue weighted by atomic mass is 10.0. The molecule has 0 aliphatic heterocycles. The smallest absolute Gasteiger partial charge is 0.203 e. The predicted molar refractivity (Wildman–Crippen MR) is 64.9 cm³/mol. The molecule has 0 aliphatic carbocycles. The van der Waals surface area contributed by atoms with Gasteiger partial charge in [-0.1, -0.05) is 0 Å². The second-order valence-electron chi connectivity index (χ2n) is 4.70. The van der Waals surface area contributed by atoms with Crippen LogP contribution in [0.3, 0.4) is 0 Å². The molecule has 0 saturated carbocycles. The van der Waals surface area contributed by atoms with Crippen LogP contribution in [0.25, 0.3) is 5.65 Å². The Morgan fingerprint density at radius 1 is 1.41 bits per heavy atom. The number of anilines is 1. The molecule has 0 fully saturated rings. The van der Waals surface area contributed by atoms with Crippen molar-refractivity contribution in [1.82, 2.24) is 19.6 Å². The van der Waals surface area contributed by atoms with Crippen LogP contribution >= 0.6 is 0 Å². The Kier molecular flexibility index (Phi) is 2.97. The number of aliphatic hydroxyl groups excluding tert-OH is 1. The van der Waals surface area contributed by atoms with E-state index >= 15 is 0 Å². The number of nitrogens with zero attached hydrogens (tertiary/aromatic N) is 4. The Hall–Kier alpha value is -1.69. The van der Waals surface area contributed by atoms with E-state index in [1.165, 1.54) is 0 Å². The number of rotatable bonds is 4. The van der Waals surface area contributed by atoms with E-state index in [1.807, 2.05) is 31.4 Å². The lowest BCUT2D eigenvalue weighted by molar-refractivity contribution is 0.260. The van der Waals surface area contributed by atoms with Crippen LogP contribution in [-0.4, -0.2) is 36.8 Å². The van der Waals surface area contributed by atoms with Crippen molar-refractivity contribution in [1.29, 1.82) is 0 Å². The molecule has 0 radical (unpaired) electrons. The van der Waals surface area contributed by atoms with Crippen molar-refractivity contribution in [2.24, 2.45) is 0 Å². The molecule has 17 heavy (non-hydrogen) atoms. The van der Waals surface area contributed by atoms with E-state index in [9.17, 15) is 0 Å². The summed E-state index contributed by atoms with van der Waals surface area (Å²) in [6, 6.07) is 0. The van der Waals surface area contributed by atoms with Gasteiger partial charge in [-0.15, -0.1) is 10.2 Å². The van der Waals surface area contributed by atoms with Gasteiger partial charge in [0.2, 0.25) is 5.65 Å². The fourth-order valence-electron chi connectivity index (χ4n) is 1.69. The van der Waals surface area contributed by atoms with Gasteiger partial charge in [0.15, 0.2) is 5.82 Å². The van der Waals surface area contributed by atoms with Gasteiger partial charge in [-0.25, -0.2) is 4.98 Å². The van der Waals surface area contributed by atoms with Crippen LogP contribution in [0.15, 0.2) is 12.4 Å². The summed E-state index contributed by atoms with van der Waals surface area (Å²) in [6.45, 7) is 6.05. The molecule has 2 aromatic heterocycles. The Balaban J connectivity index is 2.36. The van der Waals surface area contributed by atoms with E-state index in [4.69, 9.17) is 5.11 Å². The van der Waals surface area contributed by atoms with Crippen molar-refractivity contribution in [2.75, 3.05) is 11.9 Å². The highest BCUT2D eigenvalue weighted by molar-refractivity contribution is 5.62. The molecule has 0 bridgehead atoms. The maximum absolute atomic E-state index is 9.00. The normalized spacial score (nSPS) is 12.0. The minimum Gasteiger partial charge on any atom is -0.396 e. The first-order chi connectivity index (χ1) is 8.03. The summed E-state index contributed by atoms with van der Waals surface area (Å²) in [5, 5.41) is 20.4. The largest absolute Gasteiger partial charge is 0.396 e. The summed E-state index contributed by atoms with van der Waals surface area (Å²) in [5.41, 5.74) is 0.472. The van der Waals surface area contributed by atoms with Crippen molar-refractivity contribution in [3.8, 4) is 0 Å². The van der Waals surface area contributed by atoms with Crippen LogP contribution in [0, 0.1) is 6.92 Å². The number of hydrogen-bond acceptors (Lipinski definition) is 5. The summed E-state index contributed by atoms with van der Waals surface area (Å²) in [5.74, 6) is 1.51. The van der Waals surface area contributed by atoms with Gasteiger partial charge >= 0.3 is 0 Å². The second-order valence-corrected chi connectivity index (χ2v) is 4.70. The third kappa shape index (κ3) is 2.36. The lowest BCUT2D eigenvalue weighted by Crippen LogP contribution is -2.32. The van der Waals surface area contributed by atoms with Crippen LogP contribution in [-0.2, 0) is 0 Å². The number of nitrogens with one attached hydrogen (secondary N) is 1. The van der Waals surface area contributed by atoms with Gasteiger partial charge in [0, 0.05) is 24.5 Å². The zero-order valence-corrected chi connectivity index (χ0v) is 10.3. The molecular formula is C11H17N5O. The van der Waals surface area contributed by atoms with Crippen molar-refractivity contribution in [2.45, 2.75) is 32.7 Å². The van der Waals surface area contributed by atoms with Crippen LogP contribution < -0.4 is 5.32 Å². The molecule has 2 aromatic rings.